The van der Waals surface area contributed by atoms with Gasteiger partial charge in [0.05, 0.1) is 16.9 Å². The first-order chi connectivity index (χ1) is 10.9. The van der Waals surface area contributed by atoms with Gasteiger partial charge in [-0.15, -0.1) is 0 Å². The van der Waals surface area contributed by atoms with Gasteiger partial charge in [0.1, 0.15) is 24.7 Å². The highest BCUT2D eigenvalue weighted by molar-refractivity contribution is 5.82. The van der Waals surface area contributed by atoms with Crippen LogP contribution < -0.4 is 20.9 Å². The number of halogens is 2. The van der Waals surface area contributed by atoms with Gasteiger partial charge in [-0.05, 0) is 18.2 Å². The number of hydrogen-bond donors (Lipinski definition) is 3. The van der Waals surface area contributed by atoms with Gasteiger partial charge in [0.2, 0.25) is 5.82 Å². The zero-order valence-corrected chi connectivity index (χ0v) is 11.9. The van der Waals surface area contributed by atoms with Crippen LogP contribution in [0, 0.1) is 11.6 Å². The summed E-state index contributed by atoms with van der Waals surface area (Å²) in [5.74, 6) is -2.77. The molecule has 0 saturated heterocycles. The first-order valence-corrected chi connectivity index (χ1v) is 6.50. The first-order valence-electron chi connectivity index (χ1n) is 6.50. The summed E-state index contributed by atoms with van der Waals surface area (Å²) >= 11 is 0. The molecule has 0 fully saturated rings. The summed E-state index contributed by atoms with van der Waals surface area (Å²) in [5.41, 5.74) is 11.2. The summed E-state index contributed by atoms with van der Waals surface area (Å²) in [6.07, 6.45) is 0.445. The Hall–Kier alpha value is -3.03. The third-order valence-corrected chi connectivity index (χ3v) is 2.95. The highest BCUT2D eigenvalue weighted by Crippen LogP contribution is 2.30. The number of aromatic hydroxyl groups is 1. The Morgan fingerprint density at radius 3 is 2.48 bits per heavy atom. The van der Waals surface area contributed by atoms with Gasteiger partial charge in [0, 0.05) is 6.07 Å². The Balaban J connectivity index is 1.99. The number of hydrogen-bond acceptors (Lipinski definition) is 6. The maximum atomic E-state index is 13.5. The van der Waals surface area contributed by atoms with Crippen molar-refractivity contribution in [2.24, 2.45) is 0 Å². The fourth-order valence-corrected chi connectivity index (χ4v) is 1.81. The van der Waals surface area contributed by atoms with Crippen LogP contribution in [0.2, 0.25) is 0 Å². The second-order valence-electron chi connectivity index (χ2n) is 4.54. The molecule has 0 aliphatic heterocycles. The van der Waals surface area contributed by atoms with Crippen molar-refractivity contribution in [2.75, 3.05) is 24.7 Å². The molecule has 0 saturated carbocycles. The van der Waals surface area contributed by atoms with E-state index in [9.17, 15) is 18.7 Å². The maximum absolute atomic E-state index is 13.5. The number of carbonyl (C=O) groups excluding carboxylic acids is 1. The zero-order chi connectivity index (χ0) is 17.0. The smallest absolute Gasteiger partial charge is 0.202 e. The van der Waals surface area contributed by atoms with Crippen LogP contribution in [0.5, 0.6) is 17.2 Å². The molecule has 0 bridgehead atoms. The number of aldehydes is 1. The SMILES string of the molecule is Nc1cc(O)c(C=O)cc1OCCOc1c(N)ccc(F)c1F. The third kappa shape index (κ3) is 3.60. The fraction of sp³-hybridized carbons (Fsp3) is 0.133. The van der Waals surface area contributed by atoms with Gasteiger partial charge in [0.25, 0.3) is 0 Å². The normalized spacial score (nSPS) is 10.3. The molecule has 0 spiro atoms. The predicted molar refractivity (Wildman–Crippen MR) is 79.7 cm³/mol. The molecule has 6 nitrogen and oxygen atoms in total. The summed E-state index contributed by atoms with van der Waals surface area (Å²) < 4.78 is 37.0. The van der Waals surface area contributed by atoms with Crippen LogP contribution in [0.4, 0.5) is 20.2 Å². The minimum Gasteiger partial charge on any atom is -0.507 e. The van der Waals surface area contributed by atoms with E-state index in [0.717, 1.165) is 6.07 Å². The Morgan fingerprint density at radius 2 is 1.78 bits per heavy atom. The van der Waals surface area contributed by atoms with E-state index in [2.05, 4.69) is 0 Å². The van der Waals surface area contributed by atoms with Gasteiger partial charge < -0.3 is 26.0 Å². The molecule has 0 amide bonds. The highest BCUT2D eigenvalue weighted by atomic mass is 19.2. The van der Waals surface area contributed by atoms with Gasteiger partial charge in [0.15, 0.2) is 17.9 Å². The topological polar surface area (TPSA) is 108 Å². The Kier molecular flexibility index (Phi) is 4.85. The van der Waals surface area contributed by atoms with Crippen LogP contribution in [-0.2, 0) is 0 Å². The maximum Gasteiger partial charge on any atom is 0.202 e. The molecule has 2 aromatic carbocycles. The predicted octanol–water partition coefficient (Wildman–Crippen LogP) is 2.11. The summed E-state index contributed by atoms with van der Waals surface area (Å²) in [6.45, 7) is -0.204. The molecule has 0 radical (unpaired) electrons. The van der Waals surface area contributed by atoms with E-state index >= 15 is 0 Å². The number of rotatable bonds is 6. The fourth-order valence-electron chi connectivity index (χ4n) is 1.81. The molecule has 0 atom stereocenters. The molecule has 8 heteroatoms. The third-order valence-electron chi connectivity index (χ3n) is 2.95. The van der Waals surface area contributed by atoms with Crippen molar-refractivity contribution in [1.82, 2.24) is 0 Å². The molecule has 0 aliphatic rings. The molecule has 5 N–H and O–H groups in total. The summed E-state index contributed by atoms with van der Waals surface area (Å²) in [6, 6.07) is 4.51. The van der Waals surface area contributed by atoms with Gasteiger partial charge in [-0.3, -0.25) is 4.79 Å². The number of phenolic OH excluding ortho intramolecular Hbond substituents is 1. The molecule has 0 aliphatic carbocycles. The van der Waals surface area contributed by atoms with Crippen LogP contribution in [0.25, 0.3) is 0 Å². The molecular weight excluding hydrogens is 310 g/mol. The van der Waals surface area contributed by atoms with Crippen molar-refractivity contribution in [1.29, 1.82) is 0 Å². The lowest BCUT2D eigenvalue weighted by Gasteiger charge is -2.13. The van der Waals surface area contributed by atoms with E-state index in [0.29, 0.717) is 6.29 Å². The van der Waals surface area contributed by atoms with Gasteiger partial charge >= 0.3 is 0 Å². The molecule has 0 unspecified atom stereocenters. The van der Waals surface area contributed by atoms with Crippen molar-refractivity contribution in [3.05, 3.63) is 41.5 Å². The minimum absolute atomic E-state index is 0.00976. The van der Waals surface area contributed by atoms with Crippen LogP contribution in [0.1, 0.15) is 10.4 Å². The molecule has 0 heterocycles. The van der Waals surface area contributed by atoms with E-state index in [1.807, 2.05) is 0 Å². The highest BCUT2D eigenvalue weighted by Gasteiger charge is 2.13. The zero-order valence-electron chi connectivity index (χ0n) is 11.9. The quantitative estimate of drug-likeness (QED) is 0.427. The number of nitrogen functional groups attached to an aromatic ring is 2. The van der Waals surface area contributed by atoms with Crippen LogP contribution >= 0.6 is 0 Å². The van der Waals surface area contributed by atoms with E-state index in [4.69, 9.17) is 20.9 Å². The van der Waals surface area contributed by atoms with Crippen molar-refractivity contribution < 1.29 is 28.2 Å². The number of anilines is 2. The van der Waals surface area contributed by atoms with Crippen molar-refractivity contribution in [3.63, 3.8) is 0 Å². The molecule has 2 rings (SSSR count). The second kappa shape index (κ2) is 6.82. The molecule has 2 aromatic rings. The van der Waals surface area contributed by atoms with Gasteiger partial charge in [-0.2, -0.15) is 4.39 Å². The summed E-state index contributed by atoms with van der Waals surface area (Å²) in [4.78, 5) is 10.7. The molecule has 122 valence electrons. The number of benzene rings is 2. The van der Waals surface area contributed by atoms with Crippen molar-refractivity contribution >= 4 is 17.7 Å². The molecule has 23 heavy (non-hydrogen) atoms. The monoisotopic (exact) mass is 324 g/mol. The summed E-state index contributed by atoms with van der Waals surface area (Å²) in [7, 11) is 0. The molecular formula is C15H14F2N2O4. The Morgan fingerprint density at radius 1 is 1.09 bits per heavy atom. The summed E-state index contributed by atoms with van der Waals surface area (Å²) in [5, 5.41) is 9.44. The Bertz CT molecular complexity index is 738. The van der Waals surface area contributed by atoms with E-state index in [1.165, 1.54) is 18.2 Å². The second-order valence-corrected chi connectivity index (χ2v) is 4.54. The van der Waals surface area contributed by atoms with Gasteiger partial charge in [-0.1, -0.05) is 0 Å². The Labute approximate surface area is 130 Å². The molecule has 0 aromatic heterocycles. The lowest BCUT2D eigenvalue weighted by Crippen LogP contribution is -2.12. The number of carbonyl (C=O) groups is 1. The first kappa shape index (κ1) is 16.3. The number of phenols is 1. The van der Waals surface area contributed by atoms with Gasteiger partial charge in [-0.25, -0.2) is 4.39 Å². The number of ether oxygens (including phenoxy) is 2. The average Bonchev–Trinajstić information content (AvgIpc) is 2.52. The van der Waals surface area contributed by atoms with Crippen molar-refractivity contribution in [3.8, 4) is 17.2 Å². The van der Waals surface area contributed by atoms with E-state index in [1.54, 1.807) is 0 Å². The lowest BCUT2D eigenvalue weighted by molar-refractivity contribution is 0.112. The van der Waals surface area contributed by atoms with E-state index in [-0.39, 0.29) is 41.7 Å². The lowest BCUT2D eigenvalue weighted by atomic mass is 10.2. The van der Waals surface area contributed by atoms with E-state index < -0.39 is 17.4 Å². The average molecular weight is 324 g/mol. The van der Waals surface area contributed by atoms with Crippen LogP contribution in [0.15, 0.2) is 24.3 Å². The van der Waals surface area contributed by atoms with Crippen LogP contribution in [-0.4, -0.2) is 24.6 Å². The standard InChI is InChI=1S/C15H14F2N2O4/c16-9-1-2-10(18)15(14(9)17)23-4-3-22-13-5-8(7-20)12(21)6-11(13)19/h1-2,5-7,21H,3-4,18-19H2. The minimum atomic E-state index is -1.18. The van der Waals surface area contributed by atoms with Crippen LogP contribution in [0.3, 0.4) is 0 Å². The largest absolute Gasteiger partial charge is 0.507 e. The number of nitrogens with two attached hydrogens (primary N) is 2. The van der Waals surface area contributed by atoms with Crippen molar-refractivity contribution in [2.45, 2.75) is 0 Å².